The van der Waals surface area contributed by atoms with E-state index in [0.29, 0.717) is 13.1 Å². The van der Waals surface area contributed by atoms with Crippen LogP contribution in [0.2, 0.25) is 0 Å². The largest absolute Gasteiger partial charge is 0.497 e. The van der Waals surface area contributed by atoms with E-state index in [1.54, 1.807) is 14.2 Å². The summed E-state index contributed by atoms with van der Waals surface area (Å²) < 4.78 is 10.7. The standard InChI is InChI=1S/C25H29NO3/c1-25(27,18-26-17-21-14-15-22(28-2)16-23(21)29-3)24(19-10-6-4-7-11-19)20-12-8-5-9-13-20/h4-16,24,26-27H,17-18H2,1-3H3. The van der Waals surface area contributed by atoms with Crippen molar-refractivity contribution in [2.24, 2.45) is 0 Å². The number of hydrogen-bond acceptors (Lipinski definition) is 4. The highest BCUT2D eigenvalue weighted by molar-refractivity contribution is 5.41. The van der Waals surface area contributed by atoms with Gasteiger partial charge in [0.05, 0.1) is 19.8 Å². The summed E-state index contributed by atoms with van der Waals surface area (Å²) in [5.74, 6) is 1.38. The molecular formula is C25H29NO3. The predicted molar refractivity (Wildman–Crippen MR) is 117 cm³/mol. The summed E-state index contributed by atoms with van der Waals surface area (Å²) in [6.45, 7) is 2.90. The molecule has 0 saturated heterocycles. The van der Waals surface area contributed by atoms with Crippen molar-refractivity contribution in [3.05, 3.63) is 95.6 Å². The molecule has 3 rings (SSSR count). The normalized spacial score (nSPS) is 13.1. The summed E-state index contributed by atoms with van der Waals surface area (Å²) in [6, 6.07) is 26.1. The molecule has 29 heavy (non-hydrogen) atoms. The first kappa shape index (κ1) is 20.9. The molecule has 0 heterocycles. The van der Waals surface area contributed by atoms with Crippen LogP contribution in [0.4, 0.5) is 0 Å². The Kier molecular flexibility index (Phi) is 6.91. The second-order valence-corrected chi connectivity index (χ2v) is 7.39. The van der Waals surface area contributed by atoms with Crippen molar-refractivity contribution in [1.82, 2.24) is 5.32 Å². The number of rotatable bonds is 9. The highest BCUT2D eigenvalue weighted by Gasteiger charge is 2.34. The highest BCUT2D eigenvalue weighted by Crippen LogP contribution is 2.34. The van der Waals surface area contributed by atoms with E-state index in [-0.39, 0.29) is 5.92 Å². The number of benzene rings is 3. The molecule has 3 aromatic carbocycles. The summed E-state index contributed by atoms with van der Waals surface area (Å²) in [7, 11) is 3.28. The van der Waals surface area contributed by atoms with Crippen LogP contribution in [-0.2, 0) is 6.54 Å². The van der Waals surface area contributed by atoms with Crippen molar-refractivity contribution >= 4 is 0 Å². The van der Waals surface area contributed by atoms with Crippen molar-refractivity contribution in [1.29, 1.82) is 0 Å². The minimum absolute atomic E-state index is 0.143. The Hall–Kier alpha value is -2.82. The summed E-state index contributed by atoms with van der Waals surface area (Å²) in [4.78, 5) is 0. The summed E-state index contributed by atoms with van der Waals surface area (Å²) >= 11 is 0. The zero-order chi connectivity index (χ0) is 20.7. The fraction of sp³-hybridized carbons (Fsp3) is 0.280. The molecule has 0 saturated carbocycles. The Bertz CT molecular complexity index is 855. The lowest BCUT2D eigenvalue weighted by Crippen LogP contribution is -2.43. The maximum absolute atomic E-state index is 11.5. The highest BCUT2D eigenvalue weighted by atomic mass is 16.5. The van der Waals surface area contributed by atoms with Crippen LogP contribution in [0.3, 0.4) is 0 Å². The Morgan fingerprint density at radius 3 is 1.97 bits per heavy atom. The average molecular weight is 392 g/mol. The van der Waals surface area contributed by atoms with Crippen LogP contribution >= 0.6 is 0 Å². The van der Waals surface area contributed by atoms with Gasteiger partial charge in [-0.25, -0.2) is 0 Å². The van der Waals surface area contributed by atoms with Gasteiger partial charge in [0.1, 0.15) is 11.5 Å². The zero-order valence-corrected chi connectivity index (χ0v) is 17.3. The maximum atomic E-state index is 11.5. The monoisotopic (exact) mass is 391 g/mol. The van der Waals surface area contributed by atoms with E-state index in [2.05, 4.69) is 29.6 Å². The fourth-order valence-electron chi connectivity index (χ4n) is 3.75. The summed E-state index contributed by atoms with van der Waals surface area (Å²) in [6.07, 6.45) is 0. The van der Waals surface area contributed by atoms with Gasteiger partial charge in [-0.15, -0.1) is 0 Å². The molecular weight excluding hydrogens is 362 g/mol. The number of methoxy groups -OCH3 is 2. The summed E-state index contributed by atoms with van der Waals surface area (Å²) in [5.41, 5.74) is 2.21. The Morgan fingerprint density at radius 1 is 0.862 bits per heavy atom. The third-order valence-electron chi connectivity index (χ3n) is 5.18. The van der Waals surface area contributed by atoms with Crippen LogP contribution in [0.25, 0.3) is 0 Å². The molecule has 1 atom stereocenters. The van der Waals surface area contributed by atoms with Crippen LogP contribution in [-0.4, -0.2) is 31.5 Å². The minimum Gasteiger partial charge on any atom is -0.497 e. The van der Waals surface area contributed by atoms with Crippen LogP contribution in [0.15, 0.2) is 78.9 Å². The van der Waals surface area contributed by atoms with Crippen molar-refractivity contribution in [3.8, 4) is 11.5 Å². The number of nitrogens with one attached hydrogen (secondary N) is 1. The van der Waals surface area contributed by atoms with Gasteiger partial charge in [-0.1, -0.05) is 66.7 Å². The van der Waals surface area contributed by atoms with Crippen molar-refractivity contribution in [2.45, 2.75) is 25.0 Å². The predicted octanol–water partition coefficient (Wildman–Crippen LogP) is 4.38. The van der Waals surface area contributed by atoms with Gasteiger partial charge in [0.2, 0.25) is 0 Å². The van der Waals surface area contributed by atoms with Crippen LogP contribution in [0.5, 0.6) is 11.5 Å². The SMILES string of the molecule is COc1ccc(CNCC(C)(O)C(c2ccccc2)c2ccccc2)c(OC)c1. The van der Waals surface area contributed by atoms with Gasteiger partial charge in [-0.05, 0) is 24.1 Å². The lowest BCUT2D eigenvalue weighted by atomic mass is 9.78. The second kappa shape index (κ2) is 9.59. The first-order chi connectivity index (χ1) is 14.0. The third kappa shape index (κ3) is 5.17. The van der Waals surface area contributed by atoms with Gasteiger partial charge in [0.15, 0.2) is 0 Å². The number of aliphatic hydroxyl groups is 1. The van der Waals surface area contributed by atoms with E-state index in [0.717, 1.165) is 28.2 Å². The lowest BCUT2D eigenvalue weighted by Gasteiger charge is -2.34. The fourth-order valence-corrected chi connectivity index (χ4v) is 3.75. The van der Waals surface area contributed by atoms with E-state index in [1.165, 1.54) is 0 Å². The topological polar surface area (TPSA) is 50.7 Å². The molecule has 1 unspecified atom stereocenters. The number of ether oxygens (including phenoxy) is 2. The van der Waals surface area contributed by atoms with E-state index in [9.17, 15) is 5.11 Å². The lowest BCUT2D eigenvalue weighted by molar-refractivity contribution is 0.0425. The quantitative estimate of drug-likeness (QED) is 0.568. The Morgan fingerprint density at radius 2 is 1.45 bits per heavy atom. The Labute approximate surface area is 173 Å². The third-order valence-corrected chi connectivity index (χ3v) is 5.18. The van der Waals surface area contributed by atoms with Crippen molar-refractivity contribution in [3.63, 3.8) is 0 Å². The molecule has 0 spiro atoms. The van der Waals surface area contributed by atoms with Gasteiger partial charge in [0.25, 0.3) is 0 Å². The molecule has 0 aliphatic rings. The molecule has 2 N–H and O–H groups in total. The van der Waals surface area contributed by atoms with Gasteiger partial charge < -0.3 is 19.9 Å². The maximum Gasteiger partial charge on any atom is 0.127 e. The molecule has 0 aliphatic heterocycles. The minimum atomic E-state index is -0.984. The van der Waals surface area contributed by atoms with E-state index >= 15 is 0 Å². The first-order valence-corrected chi connectivity index (χ1v) is 9.79. The average Bonchev–Trinajstić information content (AvgIpc) is 2.75. The molecule has 4 nitrogen and oxygen atoms in total. The van der Waals surface area contributed by atoms with Crippen LogP contribution in [0, 0.1) is 0 Å². The first-order valence-electron chi connectivity index (χ1n) is 9.79. The van der Waals surface area contributed by atoms with Gasteiger partial charge >= 0.3 is 0 Å². The smallest absolute Gasteiger partial charge is 0.127 e. The van der Waals surface area contributed by atoms with Gasteiger partial charge in [-0.2, -0.15) is 0 Å². The van der Waals surface area contributed by atoms with Crippen LogP contribution < -0.4 is 14.8 Å². The molecule has 0 aliphatic carbocycles. The molecule has 0 aromatic heterocycles. The summed E-state index contributed by atoms with van der Waals surface area (Å²) in [5, 5.41) is 14.9. The van der Waals surface area contributed by atoms with Crippen molar-refractivity contribution in [2.75, 3.05) is 20.8 Å². The van der Waals surface area contributed by atoms with Gasteiger partial charge in [-0.3, -0.25) is 0 Å². The van der Waals surface area contributed by atoms with E-state index in [1.807, 2.05) is 61.5 Å². The van der Waals surface area contributed by atoms with Gasteiger partial charge in [0, 0.05) is 30.6 Å². The molecule has 152 valence electrons. The van der Waals surface area contributed by atoms with Crippen LogP contribution in [0.1, 0.15) is 29.5 Å². The van der Waals surface area contributed by atoms with E-state index < -0.39 is 5.60 Å². The second-order valence-electron chi connectivity index (χ2n) is 7.39. The Balaban J connectivity index is 1.77. The molecule has 0 amide bonds. The van der Waals surface area contributed by atoms with Crippen molar-refractivity contribution < 1.29 is 14.6 Å². The zero-order valence-electron chi connectivity index (χ0n) is 17.3. The molecule has 0 bridgehead atoms. The van der Waals surface area contributed by atoms with E-state index in [4.69, 9.17) is 9.47 Å². The molecule has 0 fully saturated rings. The number of hydrogen-bond donors (Lipinski definition) is 2. The molecule has 0 radical (unpaired) electrons. The molecule has 3 aromatic rings. The molecule has 4 heteroatoms.